The van der Waals surface area contributed by atoms with Crippen molar-refractivity contribution in [2.75, 3.05) is 24.6 Å². The summed E-state index contributed by atoms with van der Waals surface area (Å²) in [5, 5.41) is 12.4. The van der Waals surface area contributed by atoms with Crippen LogP contribution in [-0.4, -0.2) is 49.5 Å². The molecule has 0 saturated carbocycles. The molecule has 0 bridgehead atoms. The van der Waals surface area contributed by atoms with Gasteiger partial charge in [0.25, 0.3) is 5.78 Å². The van der Waals surface area contributed by atoms with Gasteiger partial charge in [-0.25, -0.2) is 4.98 Å². The number of aryl methyl sites for hydroxylation is 2. The molecule has 0 aliphatic carbocycles. The zero-order valence-corrected chi connectivity index (χ0v) is 14.7. The van der Waals surface area contributed by atoms with E-state index in [1.807, 2.05) is 30.5 Å². The molecular weight excluding hydrogens is 318 g/mol. The van der Waals surface area contributed by atoms with Crippen LogP contribution >= 0.6 is 0 Å². The van der Waals surface area contributed by atoms with Crippen LogP contribution in [0.2, 0.25) is 0 Å². The quantitative estimate of drug-likeness (QED) is 0.716. The Labute approximate surface area is 145 Å². The first-order valence-corrected chi connectivity index (χ1v) is 8.47. The third-order valence-electron chi connectivity index (χ3n) is 4.70. The summed E-state index contributed by atoms with van der Waals surface area (Å²) in [6.45, 7) is 8.53. The van der Waals surface area contributed by atoms with Gasteiger partial charge in [0.15, 0.2) is 0 Å². The summed E-state index contributed by atoms with van der Waals surface area (Å²) in [5.41, 5.74) is 3.02. The summed E-state index contributed by atoms with van der Waals surface area (Å²) in [5.74, 6) is 2.75. The van der Waals surface area contributed by atoms with Crippen LogP contribution in [0.25, 0.3) is 5.78 Å². The minimum atomic E-state index is 0.439. The molecule has 0 N–H and O–H groups in total. The van der Waals surface area contributed by atoms with Crippen molar-refractivity contribution in [2.45, 2.75) is 27.2 Å². The Balaban J connectivity index is 1.48. The molecule has 1 aliphatic heterocycles. The van der Waals surface area contributed by atoms with Gasteiger partial charge in [0, 0.05) is 36.3 Å². The van der Waals surface area contributed by atoms with Crippen LogP contribution in [0.5, 0.6) is 5.88 Å². The number of hydrogen-bond donors (Lipinski definition) is 0. The molecule has 3 aromatic heterocycles. The Hall–Kier alpha value is -2.77. The maximum atomic E-state index is 5.81. The van der Waals surface area contributed by atoms with Crippen LogP contribution in [0.4, 0.5) is 5.82 Å². The van der Waals surface area contributed by atoms with E-state index in [-0.39, 0.29) is 0 Å². The van der Waals surface area contributed by atoms with E-state index < -0.39 is 0 Å². The van der Waals surface area contributed by atoms with E-state index in [0.717, 1.165) is 42.3 Å². The zero-order chi connectivity index (χ0) is 17.4. The summed E-state index contributed by atoms with van der Waals surface area (Å²) in [7, 11) is 0. The van der Waals surface area contributed by atoms with E-state index in [9.17, 15) is 0 Å². The number of anilines is 1. The average molecular weight is 339 g/mol. The van der Waals surface area contributed by atoms with E-state index in [1.165, 1.54) is 0 Å². The van der Waals surface area contributed by atoms with Gasteiger partial charge in [-0.3, -0.25) is 0 Å². The van der Waals surface area contributed by atoms with Gasteiger partial charge >= 0.3 is 0 Å². The second-order valence-corrected chi connectivity index (χ2v) is 6.54. The lowest BCUT2D eigenvalue weighted by Gasteiger charge is -2.22. The molecule has 130 valence electrons. The van der Waals surface area contributed by atoms with Crippen LogP contribution in [-0.2, 0) is 0 Å². The minimum absolute atomic E-state index is 0.439. The van der Waals surface area contributed by atoms with Gasteiger partial charge in [-0.1, -0.05) is 0 Å². The topological polar surface area (TPSA) is 81.3 Å². The van der Waals surface area contributed by atoms with Gasteiger partial charge in [-0.15, -0.1) is 5.10 Å². The van der Waals surface area contributed by atoms with Crippen LogP contribution in [0.15, 0.2) is 18.5 Å². The Bertz CT molecular complexity index is 890. The molecule has 0 radical (unpaired) electrons. The van der Waals surface area contributed by atoms with Crippen molar-refractivity contribution in [3.05, 3.63) is 35.4 Å². The molecular formula is C17H21N7O. The van der Waals surface area contributed by atoms with E-state index in [2.05, 4.69) is 37.1 Å². The summed E-state index contributed by atoms with van der Waals surface area (Å²) in [6.07, 6.45) is 2.62. The predicted octanol–water partition coefficient (Wildman–Crippen LogP) is 1.74. The molecule has 1 atom stereocenters. The second kappa shape index (κ2) is 6.27. The summed E-state index contributed by atoms with van der Waals surface area (Å²) < 4.78 is 7.64. The first-order chi connectivity index (χ1) is 12.1. The number of ether oxygens (including phenoxy) is 1. The maximum absolute atomic E-state index is 5.81. The first kappa shape index (κ1) is 15.7. The highest BCUT2D eigenvalue weighted by Crippen LogP contribution is 2.28. The zero-order valence-electron chi connectivity index (χ0n) is 14.7. The molecule has 1 saturated heterocycles. The molecule has 8 heteroatoms. The van der Waals surface area contributed by atoms with Crippen molar-refractivity contribution in [1.82, 2.24) is 29.8 Å². The van der Waals surface area contributed by atoms with Crippen LogP contribution in [0, 0.1) is 26.7 Å². The highest BCUT2D eigenvalue weighted by atomic mass is 16.5. The fourth-order valence-electron chi connectivity index (χ4n) is 3.21. The molecule has 3 aromatic rings. The largest absolute Gasteiger partial charge is 0.476 e. The van der Waals surface area contributed by atoms with Crippen molar-refractivity contribution in [3.63, 3.8) is 0 Å². The molecule has 4 rings (SSSR count). The Morgan fingerprint density at radius 1 is 1.20 bits per heavy atom. The van der Waals surface area contributed by atoms with Gasteiger partial charge in [0.05, 0.1) is 12.3 Å². The monoisotopic (exact) mass is 339 g/mol. The lowest BCUT2D eigenvalue weighted by Crippen LogP contribution is -2.26. The SMILES string of the molecule is Cc1ccc(OCC2CCN(c3c(C)c(C)nc4ncnn34)C2)nn1. The second-order valence-electron chi connectivity index (χ2n) is 6.54. The normalized spacial score (nSPS) is 17.4. The van der Waals surface area contributed by atoms with Gasteiger partial charge < -0.3 is 9.64 Å². The van der Waals surface area contributed by atoms with E-state index in [0.29, 0.717) is 24.2 Å². The first-order valence-electron chi connectivity index (χ1n) is 8.47. The molecule has 0 aromatic carbocycles. The fourth-order valence-corrected chi connectivity index (χ4v) is 3.21. The van der Waals surface area contributed by atoms with Crippen LogP contribution < -0.4 is 9.64 Å². The molecule has 4 heterocycles. The van der Waals surface area contributed by atoms with Crippen molar-refractivity contribution < 1.29 is 4.74 Å². The number of fused-ring (bicyclic) bond motifs is 1. The van der Waals surface area contributed by atoms with Gasteiger partial charge in [0.1, 0.15) is 12.1 Å². The van der Waals surface area contributed by atoms with Crippen LogP contribution in [0.1, 0.15) is 23.4 Å². The summed E-state index contributed by atoms with van der Waals surface area (Å²) >= 11 is 0. The molecule has 8 nitrogen and oxygen atoms in total. The van der Waals surface area contributed by atoms with Crippen molar-refractivity contribution in [1.29, 1.82) is 0 Å². The molecule has 1 unspecified atom stereocenters. The number of nitrogens with zero attached hydrogens (tertiary/aromatic N) is 7. The van der Waals surface area contributed by atoms with Crippen molar-refractivity contribution >= 4 is 11.6 Å². The predicted molar refractivity (Wildman–Crippen MR) is 92.8 cm³/mol. The van der Waals surface area contributed by atoms with E-state index in [1.54, 1.807) is 6.33 Å². The summed E-state index contributed by atoms with van der Waals surface area (Å²) in [6, 6.07) is 3.78. The van der Waals surface area contributed by atoms with E-state index in [4.69, 9.17) is 4.74 Å². The fraction of sp³-hybridized carbons (Fsp3) is 0.471. The Morgan fingerprint density at radius 3 is 2.88 bits per heavy atom. The smallest absolute Gasteiger partial charge is 0.254 e. The number of aromatic nitrogens is 6. The number of rotatable bonds is 4. The lowest BCUT2D eigenvalue weighted by molar-refractivity contribution is 0.249. The highest BCUT2D eigenvalue weighted by molar-refractivity contribution is 5.54. The van der Waals surface area contributed by atoms with Crippen LogP contribution in [0.3, 0.4) is 0 Å². The highest BCUT2D eigenvalue weighted by Gasteiger charge is 2.27. The molecule has 0 spiro atoms. The van der Waals surface area contributed by atoms with Gasteiger partial charge in [-0.2, -0.15) is 19.7 Å². The third-order valence-corrected chi connectivity index (χ3v) is 4.70. The minimum Gasteiger partial charge on any atom is -0.476 e. The average Bonchev–Trinajstić information content (AvgIpc) is 3.25. The van der Waals surface area contributed by atoms with Crippen molar-refractivity contribution in [2.24, 2.45) is 5.92 Å². The molecule has 25 heavy (non-hydrogen) atoms. The third kappa shape index (κ3) is 2.99. The summed E-state index contributed by atoms with van der Waals surface area (Å²) in [4.78, 5) is 11.1. The van der Waals surface area contributed by atoms with Gasteiger partial charge in [0.2, 0.25) is 5.88 Å². The van der Waals surface area contributed by atoms with Crippen molar-refractivity contribution in [3.8, 4) is 5.88 Å². The Kier molecular flexibility index (Phi) is 3.95. The Morgan fingerprint density at radius 2 is 2.08 bits per heavy atom. The van der Waals surface area contributed by atoms with Gasteiger partial charge in [-0.05, 0) is 33.3 Å². The molecule has 1 fully saturated rings. The maximum Gasteiger partial charge on any atom is 0.254 e. The lowest BCUT2D eigenvalue weighted by atomic mass is 10.1. The number of hydrogen-bond acceptors (Lipinski definition) is 7. The molecule has 0 amide bonds. The van der Waals surface area contributed by atoms with E-state index >= 15 is 0 Å². The molecule has 1 aliphatic rings. The standard InChI is InChI=1S/C17H21N7O/c1-11-4-5-15(22-21-11)25-9-14-6-7-23(8-14)16-12(2)13(3)20-17-18-10-19-24(16)17/h4-5,10,14H,6-9H2,1-3H3.